The van der Waals surface area contributed by atoms with E-state index in [-0.39, 0.29) is 12.1 Å². The molecule has 0 aliphatic heterocycles. The van der Waals surface area contributed by atoms with Gasteiger partial charge in [-0.25, -0.2) is 4.98 Å². The SMILES string of the molecule is Cc1nc(CN(C)C(=O)c2ccc(F)c([N+](=O)[O-])c2)n[nH]1. The van der Waals surface area contributed by atoms with Crippen molar-refractivity contribution >= 4 is 11.6 Å². The standard InChI is InChI=1S/C12H12FN5O3/c1-7-14-11(16-15-7)6-17(2)12(19)8-3-4-9(13)10(5-8)18(20)21/h3-5H,6H2,1-2H3,(H,14,15,16). The fourth-order valence-electron chi connectivity index (χ4n) is 1.75. The number of carbonyl (C=O) groups is 1. The third-order valence-electron chi connectivity index (χ3n) is 2.76. The number of hydrogen-bond acceptors (Lipinski definition) is 5. The Kier molecular flexibility index (Phi) is 3.92. The predicted octanol–water partition coefficient (Wildman–Crippen LogP) is 1.43. The first-order valence-electron chi connectivity index (χ1n) is 5.95. The lowest BCUT2D eigenvalue weighted by atomic mass is 10.1. The van der Waals surface area contributed by atoms with Gasteiger partial charge in [0, 0.05) is 18.7 Å². The highest BCUT2D eigenvalue weighted by atomic mass is 19.1. The lowest BCUT2D eigenvalue weighted by Gasteiger charge is -2.15. The molecule has 0 atom stereocenters. The van der Waals surface area contributed by atoms with Crippen LogP contribution in [-0.2, 0) is 6.54 Å². The first-order chi connectivity index (χ1) is 9.88. The lowest BCUT2D eigenvalue weighted by molar-refractivity contribution is -0.387. The molecule has 0 radical (unpaired) electrons. The number of aromatic nitrogens is 3. The second kappa shape index (κ2) is 5.65. The van der Waals surface area contributed by atoms with Gasteiger partial charge < -0.3 is 4.90 Å². The molecule has 0 saturated heterocycles. The zero-order valence-electron chi connectivity index (χ0n) is 11.3. The summed E-state index contributed by atoms with van der Waals surface area (Å²) in [7, 11) is 1.50. The van der Waals surface area contributed by atoms with Crippen LogP contribution >= 0.6 is 0 Å². The van der Waals surface area contributed by atoms with Gasteiger partial charge in [0.05, 0.1) is 11.5 Å². The van der Waals surface area contributed by atoms with E-state index in [1.54, 1.807) is 6.92 Å². The molecule has 21 heavy (non-hydrogen) atoms. The molecule has 0 aliphatic rings. The molecule has 1 aromatic carbocycles. The summed E-state index contributed by atoms with van der Waals surface area (Å²) >= 11 is 0. The number of aryl methyl sites for hydroxylation is 1. The molecule has 2 aromatic rings. The molecule has 0 fully saturated rings. The molecule has 0 unspecified atom stereocenters. The number of halogens is 1. The molecule has 110 valence electrons. The molecule has 1 heterocycles. The number of amides is 1. The number of hydrogen-bond donors (Lipinski definition) is 1. The maximum absolute atomic E-state index is 13.2. The molecular formula is C12H12FN5O3. The predicted molar refractivity (Wildman–Crippen MR) is 70.0 cm³/mol. The van der Waals surface area contributed by atoms with E-state index in [0.29, 0.717) is 11.6 Å². The van der Waals surface area contributed by atoms with Gasteiger partial charge in [-0.2, -0.15) is 9.49 Å². The van der Waals surface area contributed by atoms with Crippen LogP contribution in [0.2, 0.25) is 0 Å². The number of carbonyl (C=O) groups excluding carboxylic acids is 1. The minimum Gasteiger partial charge on any atom is -0.334 e. The first-order valence-corrected chi connectivity index (χ1v) is 5.95. The molecular weight excluding hydrogens is 281 g/mol. The zero-order valence-corrected chi connectivity index (χ0v) is 11.3. The van der Waals surface area contributed by atoms with E-state index >= 15 is 0 Å². The van der Waals surface area contributed by atoms with Crippen LogP contribution in [0.15, 0.2) is 18.2 Å². The van der Waals surface area contributed by atoms with Crippen LogP contribution in [0, 0.1) is 22.9 Å². The highest BCUT2D eigenvalue weighted by Gasteiger charge is 2.20. The van der Waals surface area contributed by atoms with Crippen LogP contribution in [0.25, 0.3) is 0 Å². The van der Waals surface area contributed by atoms with E-state index in [0.717, 1.165) is 12.1 Å². The Hall–Kier alpha value is -2.84. The topological polar surface area (TPSA) is 105 Å². The van der Waals surface area contributed by atoms with Gasteiger partial charge >= 0.3 is 5.69 Å². The van der Waals surface area contributed by atoms with Gasteiger partial charge in [-0.05, 0) is 19.1 Å². The first kappa shape index (κ1) is 14.6. The second-order valence-electron chi connectivity index (χ2n) is 4.42. The minimum atomic E-state index is -0.983. The summed E-state index contributed by atoms with van der Waals surface area (Å²) in [4.78, 5) is 27.3. The van der Waals surface area contributed by atoms with Crippen LogP contribution in [0.4, 0.5) is 10.1 Å². The maximum Gasteiger partial charge on any atom is 0.305 e. The van der Waals surface area contributed by atoms with Crippen molar-refractivity contribution in [1.29, 1.82) is 0 Å². The van der Waals surface area contributed by atoms with Crippen molar-refractivity contribution in [3.05, 3.63) is 51.3 Å². The Morgan fingerprint density at radius 3 is 2.81 bits per heavy atom. The molecule has 9 heteroatoms. The number of nitro benzene ring substituents is 1. The highest BCUT2D eigenvalue weighted by Crippen LogP contribution is 2.19. The number of nitrogens with one attached hydrogen (secondary N) is 1. The molecule has 0 spiro atoms. The van der Waals surface area contributed by atoms with Crippen LogP contribution in [0.1, 0.15) is 22.0 Å². The molecule has 8 nitrogen and oxygen atoms in total. The van der Waals surface area contributed by atoms with Crippen molar-refractivity contribution in [3.8, 4) is 0 Å². The summed E-state index contributed by atoms with van der Waals surface area (Å²) in [6, 6.07) is 3.01. The van der Waals surface area contributed by atoms with Gasteiger partial charge in [0.15, 0.2) is 5.82 Å². The van der Waals surface area contributed by atoms with Crippen molar-refractivity contribution in [3.63, 3.8) is 0 Å². The van der Waals surface area contributed by atoms with E-state index in [2.05, 4.69) is 15.2 Å². The number of nitro groups is 1. The maximum atomic E-state index is 13.2. The Morgan fingerprint density at radius 2 is 2.24 bits per heavy atom. The van der Waals surface area contributed by atoms with E-state index in [1.807, 2.05) is 0 Å². The molecule has 1 amide bonds. The number of aromatic amines is 1. The Labute approximate surface area is 118 Å². The van der Waals surface area contributed by atoms with Crippen molar-refractivity contribution < 1.29 is 14.1 Å². The van der Waals surface area contributed by atoms with Gasteiger partial charge in [0.1, 0.15) is 5.82 Å². The largest absolute Gasteiger partial charge is 0.334 e. The summed E-state index contributed by atoms with van der Waals surface area (Å²) in [6.07, 6.45) is 0. The monoisotopic (exact) mass is 293 g/mol. The second-order valence-corrected chi connectivity index (χ2v) is 4.42. The Morgan fingerprint density at radius 1 is 1.52 bits per heavy atom. The normalized spacial score (nSPS) is 10.4. The summed E-state index contributed by atoms with van der Waals surface area (Å²) in [5.74, 6) is -0.437. The summed E-state index contributed by atoms with van der Waals surface area (Å²) in [5, 5.41) is 17.2. The average Bonchev–Trinajstić information content (AvgIpc) is 2.83. The van der Waals surface area contributed by atoms with E-state index in [1.165, 1.54) is 18.0 Å². The summed E-state index contributed by atoms with van der Waals surface area (Å²) in [5.41, 5.74) is -0.708. The molecule has 1 N–H and O–H groups in total. The third-order valence-corrected chi connectivity index (χ3v) is 2.76. The van der Waals surface area contributed by atoms with Crippen molar-refractivity contribution in [2.24, 2.45) is 0 Å². The Balaban J connectivity index is 2.19. The van der Waals surface area contributed by atoms with Crippen LogP contribution in [0.5, 0.6) is 0 Å². The minimum absolute atomic E-state index is 0.0258. The smallest absolute Gasteiger partial charge is 0.305 e. The molecule has 0 bridgehead atoms. The van der Waals surface area contributed by atoms with Gasteiger partial charge in [-0.15, -0.1) is 0 Å². The highest BCUT2D eigenvalue weighted by molar-refractivity contribution is 5.94. The zero-order chi connectivity index (χ0) is 15.6. The molecule has 0 aliphatic carbocycles. The lowest BCUT2D eigenvalue weighted by Crippen LogP contribution is -2.26. The van der Waals surface area contributed by atoms with Gasteiger partial charge in [-0.1, -0.05) is 0 Å². The number of rotatable bonds is 4. The van der Waals surface area contributed by atoms with Crippen LogP contribution in [-0.4, -0.2) is 38.0 Å². The van der Waals surface area contributed by atoms with Crippen LogP contribution < -0.4 is 0 Å². The Bertz CT molecular complexity index is 700. The number of nitrogens with zero attached hydrogens (tertiary/aromatic N) is 4. The molecule has 2 rings (SSSR count). The fourth-order valence-corrected chi connectivity index (χ4v) is 1.75. The van der Waals surface area contributed by atoms with E-state index in [4.69, 9.17) is 0 Å². The number of benzene rings is 1. The van der Waals surface area contributed by atoms with Crippen LogP contribution in [0.3, 0.4) is 0 Å². The van der Waals surface area contributed by atoms with E-state index < -0.39 is 22.3 Å². The third kappa shape index (κ3) is 3.19. The van der Waals surface area contributed by atoms with Crippen molar-refractivity contribution in [1.82, 2.24) is 20.1 Å². The van der Waals surface area contributed by atoms with Gasteiger partial charge in [0.2, 0.25) is 5.82 Å². The molecule has 0 saturated carbocycles. The summed E-state index contributed by atoms with van der Waals surface area (Å²) < 4.78 is 13.2. The summed E-state index contributed by atoms with van der Waals surface area (Å²) in [6.45, 7) is 1.86. The molecule has 1 aromatic heterocycles. The quantitative estimate of drug-likeness (QED) is 0.678. The number of H-pyrrole nitrogens is 1. The van der Waals surface area contributed by atoms with Crippen molar-refractivity contribution in [2.75, 3.05) is 7.05 Å². The van der Waals surface area contributed by atoms with Crippen molar-refractivity contribution in [2.45, 2.75) is 13.5 Å². The average molecular weight is 293 g/mol. The van der Waals surface area contributed by atoms with Gasteiger partial charge in [0.25, 0.3) is 5.91 Å². The fraction of sp³-hybridized carbons (Fsp3) is 0.250. The van der Waals surface area contributed by atoms with E-state index in [9.17, 15) is 19.3 Å². The van der Waals surface area contributed by atoms with Gasteiger partial charge in [-0.3, -0.25) is 20.0 Å².